The molecule has 1 aromatic rings. The summed E-state index contributed by atoms with van der Waals surface area (Å²) in [6, 6.07) is 1.99. The molecular formula is C11H12Cl2FNO2. The average Bonchev–Trinajstić information content (AvgIpc) is 2.25. The Balaban J connectivity index is 2.97. The first-order valence-electron chi connectivity index (χ1n) is 4.83. The molecule has 0 saturated heterocycles. The quantitative estimate of drug-likeness (QED) is 0.658. The van der Waals surface area contributed by atoms with Crippen LogP contribution < -0.4 is 5.32 Å². The fourth-order valence-electron chi connectivity index (χ4n) is 0.984. The van der Waals surface area contributed by atoms with Crippen molar-refractivity contribution in [2.75, 3.05) is 11.2 Å². The molecule has 0 aliphatic rings. The van der Waals surface area contributed by atoms with Crippen LogP contribution in [0.25, 0.3) is 0 Å². The van der Waals surface area contributed by atoms with Crippen LogP contribution in [0, 0.1) is 11.2 Å². The minimum atomic E-state index is -0.821. The molecule has 0 aromatic heterocycles. The molecule has 6 heteroatoms. The highest BCUT2D eigenvalue weighted by Gasteiger charge is 2.27. The van der Waals surface area contributed by atoms with Crippen LogP contribution in [0.2, 0.25) is 5.02 Å². The summed E-state index contributed by atoms with van der Waals surface area (Å²) in [6.07, 6.45) is 0. The number of carbonyl (C=O) groups excluding carboxylic acids is 1. The molecular weight excluding hydrogens is 268 g/mol. The zero-order chi connectivity index (χ0) is 13.2. The van der Waals surface area contributed by atoms with Gasteiger partial charge in [0.15, 0.2) is 0 Å². The molecule has 0 aliphatic heterocycles. The van der Waals surface area contributed by atoms with Gasteiger partial charge in [0.05, 0.1) is 16.1 Å². The Morgan fingerprint density at radius 2 is 2.12 bits per heavy atom. The molecule has 1 amide bonds. The fourth-order valence-corrected chi connectivity index (χ4v) is 1.27. The van der Waals surface area contributed by atoms with Crippen LogP contribution in [-0.4, -0.2) is 16.9 Å². The van der Waals surface area contributed by atoms with Gasteiger partial charge in [-0.3, -0.25) is 4.79 Å². The molecule has 0 unspecified atom stereocenters. The number of aromatic hydroxyl groups is 1. The van der Waals surface area contributed by atoms with Gasteiger partial charge in [-0.05, 0) is 19.9 Å². The largest absolute Gasteiger partial charge is 0.506 e. The summed E-state index contributed by atoms with van der Waals surface area (Å²) >= 11 is 11.3. The predicted molar refractivity (Wildman–Crippen MR) is 66.2 cm³/mol. The monoisotopic (exact) mass is 279 g/mol. The van der Waals surface area contributed by atoms with Crippen molar-refractivity contribution in [3.8, 4) is 5.75 Å². The van der Waals surface area contributed by atoms with E-state index in [-0.39, 0.29) is 22.3 Å². The van der Waals surface area contributed by atoms with Gasteiger partial charge in [-0.25, -0.2) is 4.39 Å². The van der Waals surface area contributed by atoms with E-state index in [0.29, 0.717) is 0 Å². The lowest BCUT2D eigenvalue weighted by molar-refractivity contribution is -0.123. The highest BCUT2D eigenvalue weighted by molar-refractivity contribution is 6.32. The van der Waals surface area contributed by atoms with E-state index in [9.17, 15) is 9.18 Å². The number of halogens is 3. The number of alkyl halides is 1. The van der Waals surface area contributed by atoms with Crippen LogP contribution in [0.1, 0.15) is 13.8 Å². The van der Waals surface area contributed by atoms with E-state index in [1.165, 1.54) is 0 Å². The molecule has 0 fully saturated rings. The third kappa shape index (κ3) is 3.23. The van der Waals surface area contributed by atoms with Gasteiger partial charge >= 0.3 is 0 Å². The Labute approximate surface area is 109 Å². The predicted octanol–water partition coefficient (Wildman–Crippen LogP) is 3.39. The molecule has 0 atom stereocenters. The average molecular weight is 280 g/mol. The van der Waals surface area contributed by atoms with Crippen molar-refractivity contribution in [1.29, 1.82) is 0 Å². The Morgan fingerprint density at radius 3 is 2.65 bits per heavy atom. The Morgan fingerprint density at radius 1 is 1.53 bits per heavy atom. The number of phenolic OH excluding ortho intramolecular Hbond substituents is 1. The van der Waals surface area contributed by atoms with Crippen molar-refractivity contribution >= 4 is 34.8 Å². The normalized spacial score (nSPS) is 11.4. The van der Waals surface area contributed by atoms with E-state index >= 15 is 0 Å². The summed E-state index contributed by atoms with van der Waals surface area (Å²) in [6.45, 7) is 3.27. The van der Waals surface area contributed by atoms with Crippen molar-refractivity contribution in [3.63, 3.8) is 0 Å². The fraction of sp³-hybridized carbons (Fsp3) is 0.364. The standard InChI is InChI=1S/C11H12Cl2FNO2/c1-11(2,5-12)10(17)15-8-3-6(13)9(16)4-7(8)14/h3-4,16H,5H2,1-2H3,(H,15,17). The van der Waals surface area contributed by atoms with Gasteiger partial charge in [0, 0.05) is 11.9 Å². The molecule has 0 spiro atoms. The second kappa shape index (κ2) is 5.10. The summed E-state index contributed by atoms with van der Waals surface area (Å²) in [5, 5.41) is 11.5. The number of hydrogen-bond donors (Lipinski definition) is 2. The first-order chi connectivity index (χ1) is 7.77. The van der Waals surface area contributed by atoms with Gasteiger partial charge in [-0.2, -0.15) is 0 Å². The van der Waals surface area contributed by atoms with Crippen molar-refractivity contribution < 1.29 is 14.3 Å². The molecule has 0 radical (unpaired) electrons. The van der Waals surface area contributed by atoms with Crippen LogP contribution >= 0.6 is 23.2 Å². The second-order valence-corrected chi connectivity index (χ2v) is 4.93. The van der Waals surface area contributed by atoms with E-state index < -0.39 is 17.1 Å². The highest BCUT2D eigenvalue weighted by atomic mass is 35.5. The number of rotatable bonds is 3. The van der Waals surface area contributed by atoms with Gasteiger partial charge in [-0.15, -0.1) is 11.6 Å². The number of anilines is 1. The van der Waals surface area contributed by atoms with E-state index in [0.717, 1.165) is 12.1 Å². The number of phenols is 1. The maximum Gasteiger partial charge on any atom is 0.231 e. The third-order valence-corrected chi connectivity index (χ3v) is 3.20. The second-order valence-electron chi connectivity index (χ2n) is 4.26. The number of amides is 1. The van der Waals surface area contributed by atoms with Gasteiger partial charge in [-0.1, -0.05) is 11.6 Å². The van der Waals surface area contributed by atoms with E-state index in [1.807, 2.05) is 0 Å². The van der Waals surface area contributed by atoms with Gasteiger partial charge in [0.1, 0.15) is 11.6 Å². The maximum atomic E-state index is 13.4. The molecule has 2 N–H and O–H groups in total. The highest BCUT2D eigenvalue weighted by Crippen LogP contribution is 2.30. The molecule has 0 heterocycles. The van der Waals surface area contributed by atoms with Gasteiger partial charge < -0.3 is 10.4 Å². The number of benzene rings is 1. The zero-order valence-electron chi connectivity index (χ0n) is 9.35. The molecule has 1 rings (SSSR count). The lowest BCUT2D eigenvalue weighted by Crippen LogP contribution is -2.32. The molecule has 1 aromatic carbocycles. The number of hydrogen-bond acceptors (Lipinski definition) is 2. The van der Waals surface area contributed by atoms with Gasteiger partial charge in [0.25, 0.3) is 0 Å². The van der Waals surface area contributed by atoms with Crippen molar-refractivity contribution in [2.45, 2.75) is 13.8 Å². The lowest BCUT2D eigenvalue weighted by Gasteiger charge is -2.20. The summed E-state index contributed by atoms with van der Waals surface area (Å²) in [7, 11) is 0. The van der Waals surface area contributed by atoms with E-state index in [2.05, 4.69) is 5.32 Å². The van der Waals surface area contributed by atoms with Crippen LogP contribution in [0.4, 0.5) is 10.1 Å². The van der Waals surface area contributed by atoms with Crippen molar-refractivity contribution in [2.24, 2.45) is 5.41 Å². The molecule has 94 valence electrons. The first kappa shape index (κ1) is 14.1. The van der Waals surface area contributed by atoms with Crippen LogP contribution in [0.3, 0.4) is 0 Å². The summed E-state index contributed by atoms with van der Waals surface area (Å²) < 4.78 is 13.4. The molecule has 0 bridgehead atoms. The van der Waals surface area contributed by atoms with E-state index in [4.69, 9.17) is 28.3 Å². The van der Waals surface area contributed by atoms with Crippen molar-refractivity contribution in [3.05, 3.63) is 23.0 Å². The number of carbonyl (C=O) groups is 1. The summed E-state index contributed by atoms with van der Waals surface area (Å²) in [5.41, 5.74) is -0.908. The topological polar surface area (TPSA) is 49.3 Å². The maximum absolute atomic E-state index is 13.4. The van der Waals surface area contributed by atoms with Crippen LogP contribution in [0.15, 0.2) is 12.1 Å². The number of nitrogens with one attached hydrogen (secondary N) is 1. The Kier molecular flexibility index (Phi) is 4.22. The smallest absolute Gasteiger partial charge is 0.231 e. The minimum Gasteiger partial charge on any atom is -0.506 e. The first-order valence-corrected chi connectivity index (χ1v) is 5.74. The van der Waals surface area contributed by atoms with E-state index in [1.54, 1.807) is 13.8 Å². The molecule has 0 aliphatic carbocycles. The minimum absolute atomic E-state index is 0.0367. The Hall–Kier alpha value is -1.00. The Bertz CT molecular complexity index is 449. The van der Waals surface area contributed by atoms with Crippen molar-refractivity contribution in [1.82, 2.24) is 0 Å². The lowest BCUT2D eigenvalue weighted by atomic mass is 9.95. The molecule has 17 heavy (non-hydrogen) atoms. The van der Waals surface area contributed by atoms with Crippen LogP contribution in [-0.2, 0) is 4.79 Å². The summed E-state index contributed by atoms with van der Waals surface area (Å²) in [4.78, 5) is 11.7. The van der Waals surface area contributed by atoms with Gasteiger partial charge in [0.2, 0.25) is 5.91 Å². The SMILES string of the molecule is CC(C)(CCl)C(=O)Nc1cc(Cl)c(O)cc1F. The molecule has 0 saturated carbocycles. The zero-order valence-corrected chi connectivity index (χ0v) is 10.9. The molecule has 3 nitrogen and oxygen atoms in total. The third-order valence-electron chi connectivity index (χ3n) is 2.23. The van der Waals surface area contributed by atoms with Crippen LogP contribution in [0.5, 0.6) is 5.75 Å². The summed E-state index contributed by atoms with van der Waals surface area (Å²) in [5.74, 6) is -1.45.